The summed E-state index contributed by atoms with van der Waals surface area (Å²) in [7, 11) is 0. The Morgan fingerprint density at radius 2 is 1.87 bits per heavy atom. The van der Waals surface area contributed by atoms with E-state index < -0.39 is 5.41 Å². The normalized spacial score (nSPS) is 25.0. The molecule has 0 bridgehead atoms. The van der Waals surface area contributed by atoms with Crippen LogP contribution in [0.5, 0.6) is 0 Å². The molecule has 0 aliphatic heterocycles. The molecule has 0 aromatic carbocycles. The minimum atomic E-state index is -0.669. The lowest BCUT2D eigenvalue weighted by Crippen LogP contribution is -2.48. The molecule has 0 aromatic heterocycles. The molecular weight excluding hydrogens is 188 g/mol. The molecule has 3 nitrogen and oxygen atoms in total. The molecule has 0 aromatic rings. The molecule has 0 atom stereocenters. The third-order valence-electron chi connectivity index (χ3n) is 3.80. The number of carbonyl (C=O) groups excluding carboxylic acids is 1. The van der Waals surface area contributed by atoms with Crippen LogP contribution >= 0.6 is 0 Å². The average molecular weight is 206 g/mol. The second-order valence-corrected chi connectivity index (χ2v) is 4.86. The number of carbonyl (C=O) groups is 1. The molecule has 2 aliphatic rings. The summed E-state index contributed by atoms with van der Waals surface area (Å²) >= 11 is 0. The van der Waals surface area contributed by atoms with Crippen molar-refractivity contribution in [1.29, 1.82) is 5.26 Å². The quantitative estimate of drug-likeness (QED) is 0.752. The molecule has 82 valence electrons. The van der Waals surface area contributed by atoms with Crippen LogP contribution in [0.1, 0.15) is 51.4 Å². The van der Waals surface area contributed by atoms with Gasteiger partial charge in [-0.3, -0.25) is 4.79 Å². The summed E-state index contributed by atoms with van der Waals surface area (Å²) in [5, 5.41) is 12.1. The summed E-state index contributed by atoms with van der Waals surface area (Å²) in [6, 6.07) is 2.52. The molecule has 3 heteroatoms. The zero-order valence-electron chi connectivity index (χ0n) is 9.09. The van der Waals surface area contributed by atoms with Crippen molar-refractivity contribution in [2.75, 3.05) is 0 Å². The van der Waals surface area contributed by atoms with Crippen molar-refractivity contribution in [2.45, 2.75) is 57.4 Å². The van der Waals surface area contributed by atoms with E-state index in [0.29, 0.717) is 6.04 Å². The zero-order chi connectivity index (χ0) is 10.7. The van der Waals surface area contributed by atoms with Crippen LogP contribution in [0.15, 0.2) is 0 Å². The fourth-order valence-electron chi connectivity index (χ4n) is 2.49. The standard InChI is InChI=1S/C12H18N2O/c13-9-12(7-4-8-12)11(15)14-10-5-2-1-3-6-10/h10H,1-8H2,(H,14,15). The van der Waals surface area contributed by atoms with E-state index in [0.717, 1.165) is 32.1 Å². The van der Waals surface area contributed by atoms with Gasteiger partial charge in [0.05, 0.1) is 6.07 Å². The van der Waals surface area contributed by atoms with Gasteiger partial charge in [0.2, 0.25) is 5.91 Å². The van der Waals surface area contributed by atoms with E-state index >= 15 is 0 Å². The van der Waals surface area contributed by atoms with E-state index in [-0.39, 0.29) is 5.91 Å². The first-order valence-corrected chi connectivity index (χ1v) is 5.99. The SMILES string of the molecule is N#CC1(C(=O)NC2CCCCC2)CCC1. The summed E-state index contributed by atoms with van der Waals surface area (Å²) < 4.78 is 0. The van der Waals surface area contributed by atoms with Crippen molar-refractivity contribution in [1.82, 2.24) is 5.32 Å². The largest absolute Gasteiger partial charge is 0.352 e. The molecule has 2 fully saturated rings. The Bertz CT molecular complexity index is 282. The van der Waals surface area contributed by atoms with Gasteiger partial charge in [-0.1, -0.05) is 19.3 Å². The highest BCUT2D eigenvalue weighted by molar-refractivity contribution is 5.86. The highest BCUT2D eigenvalue weighted by Crippen LogP contribution is 2.40. The summed E-state index contributed by atoms with van der Waals surface area (Å²) in [5.74, 6) is -0.0110. The van der Waals surface area contributed by atoms with Crippen LogP contribution in [0.4, 0.5) is 0 Å². The summed E-state index contributed by atoms with van der Waals surface area (Å²) in [6.45, 7) is 0. The minimum absolute atomic E-state index is 0.0110. The van der Waals surface area contributed by atoms with Gasteiger partial charge < -0.3 is 5.32 Å². The second-order valence-electron chi connectivity index (χ2n) is 4.86. The lowest BCUT2D eigenvalue weighted by atomic mass is 9.69. The van der Waals surface area contributed by atoms with Crippen molar-refractivity contribution in [3.63, 3.8) is 0 Å². The summed E-state index contributed by atoms with van der Waals surface area (Å²) in [5.41, 5.74) is -0.669. The highest BCUT2D eigenvalue weighted by Gasteiger charge is 2.45. The van der Waals surface area contributed by atoms with Gasteiger partial charge in [0.15, 0.2) is 0 Å². The fourth-order valence-corrected chi connectivity index (χ4v) is 2.49. The first kappa shape index (κ1) is 10.5. The molecule has 15 heavy (non-hydrogen) atoms. The van der Waals surface area contributed by atoms with E-state index in [4.69, 9.17) is 5.26 Å². The predicted octanol–water partition coefficient (Wildman–Crippen LogP) is 2.13. The Kier molecular flexibility index (Phi) is 2.95. The molecule has 0 heterocycles. The molecule has 1 amide bonds. The molecular formula is C12H18N2O. The van der Waals surface area contributed by atoms with Gasteiger partial charge in [-0.2, -0.15) is 5.26 Å². The Balaban J connectivity index is 1.88. The van der Waals surface area contributed by atoms with Crippen molar-refractivity contribution >= 4 is 5.91 Å². The van der Waals surface area contributed by atoms with Crippen molar-refractivity contribution in [3.05, 3.63) is 0 Å². The molecule has 0 spiro atoms. The van der Waals surface area contributed by atoms with Crippen LogP contribution < -0.4 is 5.32 Å². The Hall–Kier alpha value is -1.04. The molecule has 1 N–H and O–H groups in total. The van der Waals surface area contributed by atoms with Crippen LogP contribution in [0.3, 0.4) is 0 Å². The number of rotatable bonds is 2. The molecule has 2 saturated carbocycles. The fraction of sp³-hybridized carbons (Fsp3) is 0.833. The minimum Gasteiger partial charge on any atom is -0.352 e. The lowest BCUT2D eigenvalue weighted by Gasteiger charge is -2.35. The average Bonchev–Trinajstić information content (AvgIpc) is 2.18. The monoisotopic (exact) mass is 206 g/mol. The first-order valence-electron chi connectivity index (χ1n) is 5.99. The maximum absolute atomic E-state index is 11.9. The molecule has 0 radical (unpaired) electrons. The Morgan fingerprint density at radius 1 is 1.20 bits per heavy atom. The number of amides is 1. The van der Waals surface area contributed by atoms with Gasteiger partial charge in [-0.15, -0.1) is 0 Å². The van der Waals surface area contributed by atoms with Gasteiger partial charge >= 0.3 is 0 Å². The lowest BCUT2D eigenvalue weighted by molar-refractivity contribution is -0.132. The van der Waals surface area contributed by atoms with Crippen LogP contribution in [-0.4, -0.2) is 11.9 Å². The van der Waals surface area contributed by atoms with Gasteiger partial charge in [-0.25, -0.2) is 0 Å². The van der Waals surface area contributed by atoms with Gasteiger partial charge in [0.1, 0.15) is 5.41 Å². The number of nitrogens with one attached hydrogen (secondary N) is 1. The second kappa shape index (κ2) is 4.22. The van der Waals surface area contributed by atoms with Crippen molar-refractivity contribution < 1.29 is 4.79 Å². The third kappa shape index (κ3) is 1.99. The number of nitriles is 1. The number of hydrogen-bond donors (Lipinski definition) is 1. The van der Waals surface area contributed by atoms with Crippen LogP contribution in [0.2, 0.25) is 0 Å². The van der Waals surface area contributed by atoms with E-state index in [1.807, 2.05) is 0 Å². The zero-order valence-corrected chi connectivity index (χ0v) is 9.09. The van der Waals surface area contributed by atoms with Gasteiger partial charge in [0, 0.05) is 6.04 Å². The van der Waals surface area contributed by atoms with E-state index in [9.17, 15) is 4.79 Å². The van der Waals surface area contributed by atoms with Gasteiger partial charge in [-0.05, 0) is 32.1 Å². The van der Waals surface area contributed by atoms with Crippen LogP contribution in [0, 0.1) is 16.7 Å². The van der Waals surface area contributed by atoms with E-state index in [1.54, 1.807) is 0 Å². The maximum Gasteiger partial charge on any atom is 0.240 e. The molecule has 0 saturated heterocycles. The van der Waals surface area contributed by atoms with Crippen molar-refractivity contribution in [2.24, 2.45) is 5.41 Å². The molecule has 0 unspecified atom stereocenters. The third-order valence-corrected chi connectivity index (χ3v) is 3.80. The number of nitrogens with zero attached hydrogens (tertiary/aromatic N) is 1. The Labute approximate surface area is 90.8 Å². The smallest absolute Gasteiger partial charge is 0.240 e. The molecule has 2 aliphatic carbocycles. The summed E-state index contributed by atoms with van der Waals surface area (Å²) in [4.78, 5) is 11.9. The predicted molar refractivity (Wildman–Crippen MR) is 56.9 cm³/mol. The summed E-state index contributed by atoms with van der Waals surface area (Å²) in [6.07, 6.45) is 8.42. The van der Waals surface area contributed by atoms with Gasteiger partial charge in [0.25, 0.3) is 0 Å². The van der Waals surface area contributed by atoms with Crippen LogP contribution in [-0.2, 0) is 4.79 Å². The highest BCUT2D eigenvalue weighted by atomic mass is 16.2. The van der Waals surface area contributed by atoms with E-state index in [2.05, 4.69) is 11.4 Å². The van der Waals surface area contributed by atoms with Crippen LogP contribution in [0.25, 0.3) is 0 Å². The Morgan fingerprint density at radius 3 is 2.33 bits per heavy atom. The molecule has 2 rings (SSSR count). The topological polar surface area (TPSA) is 52.9 Å². The maximum atomic E-state index is 11.9. The van der Waals surface area contributed by atoms with Crippen molar-refractivity contribution in [3.8, 4) is 6.07 Å². The number of hydrogen-bond acceptors (Lipinski definition) is 2. The van der Waals surface area contributed by atoms with E-state index in [1.165, 1.54) is 19.3 Å². The first-order chi connectivity index (χ1) is 7.27.